The fraction of sp³-hybridized carbons (Fsp3) is 0.286. The van der Waals surface area contributed by atoms with E-state index in [1.165, 1.54) is 0 Å². The Labute approximate surface area is 170 Å². The average Bonchev–Trinajstić information content (AvgIpc) is 3.40. The lowest BCUT2D eigenvalue weighted by Gasteiger charge is -2.19. The number of alkyl halides is 3. The predicted molar refractivity (Wildman–Crippen MR) is 103 cm³/mol. The van der Waals surface area contributed by atoms with Gasteiger partial charge in [0.1, 0.15) is 11.8 Å². The molecular weight excluding hydrogens is 397 g/mol. The lowest BCUT2D eigenvalue weighted by molar-refractivity contribution is -0.141. The first-order chi connectivity index (χ1) is 14.4. The highest BCUT2D eigenvalue weighted by Gasteiger charge is 2.34. The minimum Gasteiger partial charge on any atom is -0.368 e. The Balaban J connectivity index is 1.52. The molecule has 1 aliphatic rings. The molecule has 2 heterocycles. The SMILES string of the molecule is O=C(Nc1cccc(C(OCC2CC2)c2cccnc2)c1)c1cc(C(F)(F)F)n[nH]1. The lowest BCUT2D eigenvalue weighted by Crippen LogP contribution is -2.14. The molecule has 0 saturated heterocycles. The van der Waals surface area contributed by atoms with E-state index in [-0.39, 0.29) is 11.8 Å². The van der Waals surface area contributed by atoms with Crippen LogP contribution in [0, 0.1) is 5.92 Å². The first-order valence-corrected chi connectivity index (χ1v) is 9.45. The van der Waals surface area contributed by atoms with E-state index in [0.29, 0.717) is 24.3 Å². The van der Waals surface area contributed by atoms with Gasteiger partial charge in [-0.15, -0.1) is 0 Å². The van der Waals surface area contributed by atoms with E-state index in [4.69, 9.17) is 4.74 Å². The van der Waals surface area contributed by atoms with Gasteiger partial charge in [0.25, 0.3) is 5.91 Å². The highest BCUT2D eigenvalue weighted by molar-refractivity contribution is 6.02. The van der Waals surface area contributed by atoms with Crippen molar-refractivity contribution in [2.75, 3.05) is 11.9 Å². The molecular formula is C21H19F3N4O2. The second kappa shape index (κ2) is 8.27. The normalized spacial score (nSPS) is 15.0. The number of anilines is 1. The van der Waals surface area contributed by atoms with Crippen LogP contribution < -0.4 is 5.32 Å². The Bertz CT molecular complexity index is 1020. The number of pyridine rings is 1. The molecule has 0 aliphatic heterocycles. The van der Waals surface area contributed by atoms with Gasteiger partial charge in [0.05, 0.1) is 6.61 Å². The topological polar surface area (TPSA) is 79.9 Å². The van der Waals surface area contributed by atoms with Crippen LogP contribution in [-0.2, 0) is 10.9 Å². The van der Waals surface area contributed by atoms with Crippen molar-refractivity contribution in [3.63, 3.8) is 0 Å². The number of aromatic nitrogens is 3. The molecule has 1 aliphatic carbocycles. The summed E-state index contributed by atoms with van der Waals surface area (Å²) in [6.45, 7) is 0.629. The molecule has 1 aromatic carbocycles. The van der Waals surface area contributed by atoms with Crippen LogP contribution in [0.3, 0.4) is 0 Å². The largest absolute Gasteiger partial charge is 0.435 e. The molecule has 2 aromatic heterocycles. The quantitative estimate of drug-likeness (QED) is 0.590. The number of benzene rings is 1. The fourth-order valence-electron chi connectivity index (χ4n) is 2.99. The highest BCUT2D eigenvalue weighted by atomic mass is 19.4. The third-order valence-electron chi connectivity index (χ3n) is 4.74. The first-order valence-electron chi connectivity index (χ1n) is 9.45. The van der Waals surface area contributed by atoms with Crippen LogP contribution in [0.5, 0.6) is 0 Å². The van der Waals surface area contributed by atoms with Crippen LogP contribution in [0.25, 0.3) is 0 Å². The molecule has 0 bridgehead atoms. The molecule has 1 fully saturated rings. The van der Waals surface area contributed by atoms with E-state index in [1.54, 1.807) is 30.6 Å². The van der Waals surface area contributed by atoms with Crippen LogP contribution in [0.2, 0.25) is 0 Å². The number of hydrogen-bond acceptors (Lipinski definition) is 4. The first kappa shape index (κ1) is 20.1. The minimum absolute atomic E-state index is 0.276. The highest BCUT2D eigenvalue weighted by Crippen LogP contribution is 2.34. The summed E-state index contributed by atoms with van der Waals surface area (Å²) in [5.74, 6) is -0.151. The molecule has 0 radical (unpaired) electrons. The van der Waals surface area contributed by atoms with Gasteiger partial charge in [0.2, 0.25) is 0 Å². The molecule has 0 spiro atoms. The summed E-state index contributed by atoms with van der Waals surface area (Å²) in [6, 6.07) is 11.4. The zero-order valence-electron chi connectivity index (χ0n) is 15.8. The zero-order valence-corrected chi connectivity index (χ0v) is 15.8. The third-order valence-corrected chi connectivity index (χ3v) is 4.74. The van der Waals surface area contributed by atoms with Crippen molar-refractivity contribution in [3.8, 4) is 0 Å². The molecule has 2 N–H and O–H groups in total. The Hall–Kier alpha value is -3.20. The van der Waals surface area contributed by atoms with Gasteiger partial charge in [-0.3, -0.25) is 14.9 Å². The Morgan fingerprint density at radius 1 is 1.20 bits per heavy atom. The van der Waals surface area contributed by atoms with Crippen LogP contribution in [-0.4, -0.2) is 27.7 Å². The van der Waals surface area contributed by atoms with Gasteiger partial charge in [0.15, 0.2) is 5.69 Å². The van der Waals surface area contributed by atoms with E-state index < -0.39 is 17.8 Å². The van der Waals surface area contributed by atoms with Gasteiger partial charge >= 0.3 is 6.18 Å². The zero-order chi connectivity index (χ0) is 21.1. The number of nitrogens with zero attached hydrogens (tertiary/aromatic N) is 2. The molecule has 156 valence electrons. The van der Waals surface area contributed by atoms with Crippen LogP contribution in [0.1, 0.15) is 46.3 Å². The number of halogens is 3. The van der Waals surface area contributed by atoms with Crippen LogP contribution in [0.4, 0.5) is 18.9 Å². The number of nitrogens with one attached hydrogen (secondary N) is 2. The Morgan fingerprint density at radius 2 is 2.00 bits per heavy atom. The maximum atomic E-state index is 12.7. The molecule has 4 rings (SSSR count). The van der Waals surface area contributed by atoms with Gasteiger partial charge in [-0.2, -0.15) is 18.3 Å². The summed E-state index contributed by atoms with van der Waals surface area (Å²) < 4.78 is 44.2. The van der Waals surface area contributed by atoms with Crippen molar-refractivity contribution in [2.45, 2.75) is 25.1 Å². The molecule has 30 heavy (non-hydrogen) atoms. The number of rotatable bonds is 7. The molecule has 3 aromatic rings. The van der Waals surface area contributed by atoms with E-state index in [1.807, 2.05) is 18.2 Å². The van der Waals surface area contributed by atoms with Gasteiger partial charge in [-0.05, 0) is 42.5 Å². The second-order valence-corrected chi connectivity index (χ2v) is 7.19. The monoisotopic (exact) mass is 416 g/mol. The summed E-state index contributed by atoms with van der Waals surface area (Å²) >= 11 is 0. The Morgan fingerprint density at radius 3 is 2.67 bits per heavy atom. The number of H-pyrrole nitrogens is 1. The molecule has 1 unspecified atom stereocenters. The average molecular weight is 416 g/mol. The predicted octanol–water partition coefficient (Wildman–Crippen LogP) is 4.59. The molecule has 1 atom stereocenters. The number of ether oxygens (including phenoxy) is 1. The number of aromatic amines is 1. The van der Waals surface area contributed by atoms with Crippen LogP contribution >= 0.6 is 0 Å². The van der Waals surface area contributed by atoms with Crippen molar-refractivity contribution in [2.24, 2.45) is 5.92 Å². The molecule has 1 amide bonds. The number of hydrogen-bond donors (Lipinski definition) is 2. The number of carbonyl (C=O) groups is 1. The third kappa shape index (κ3) is 4.85. The van der Waals surface area contributed by atoms with Crippen molar-refractivity contribution < 1.29 is 22.7 Å². The van der Waals surface area contributed by atoms with E-state index in [0.717, 1.165) is 24.0 Å². The summed E-state index contributed by atoms with van der Waals surface area (Å²) in [5.41, 5.74) is 0.699. The lowest BCUT2D eigenvalue weighted by atomic mass is 10.0. The van der Waals surface area contributed by atoms with Gasteiger partial charge in [-0.25, -0.2) is 0 Å². The second-order valence-electron chi connectivity index (χ2n) is 7.19. The molecule has 1 saturated carbocycles. The summed E-state index contributed by atoms with van der Waals surface area (Å²) in [6.07, 6.45) is 0.731. The number of carbonyl (C=O) groups excluding carboxylic acids is 1. The Kier molecular flexibility index (Phi) is 5.54. The molecule has 9 heteroatoms. The summed E-state index contributed by atoms with van der Waals surface area (Å²) in [7, 11) is 0. The van der Waals surface area contributed by atoms with Gasteiger partial charge < -0.3 is 10.1 Å². The standard InChI is InChI=1S/C21H19F3N4O2/c22-21(23,24)18-10-17(27-28-18)20(29)26-16-5-1-3-14(9-16)19(30-12-13-6-7-13)15-4-2-8-25-11-15/h1-5,8-11,13,19H,6-7,12H2,(H,26,29)(H,27,28). The smallest absolute Gasteiger partial charge is 0.368 e. The summed E-state index contributed by atoms with van der Waals surface area (Å²) in [5, 5.41) is 7.86. The van der Waals surface area contributed by atoms with Crippen molar-refractivity contribution >= 4 is 11.6 Å². The summed E-state index contributed by atoms with van der Waals surface area (Å²) in [4.78, 5) is 16.5. The van der Waals surface area contributed by atoms with Gasteiger partial charge in [0, 0.05) is 29.7 Å². The van der Waals surface area contributed by atoms with E-state index >= 15 is 0 Å². The minimum atomic E-state index is -4.62. The maximum Gasteiger partial charge on any atom is 0.435 e. The van der Waals surface area contributed by atoms with E-state index in [2.05, 4.69) is 20.5 Å². The van der Waals surface area contributed by atoms with Gasteiger partial charge in [-0.1, -0.05) is 18.2 Å². The maximum absolute atomic E-state index is 12.7. The van der Waals surface area contributed by atoms with Crippen molar-refractivity contribution in [3.05, 3.63) is 77.4 Å². The van der Waals surface area contributed by atoms with E-state index in [9.17, 15) is 18.0 Å². The molecule has 6 nitrogen and oxygen atoms in total. The fourth-order valence-corrected chi connectivity index (χ4v) is 2.99. The number of amides is 1. The van der Waals surface area contributed by atoms with Crippen molar-refractivity contribution in [1.29, 1.82) is 0 Å². The van der Waals surface area contributed by atoms with Crippen molar-refractivity contribution in [1.82, 2.24) is 15.2 Å². The van der Waals surface area contributed by atoms with Crippen LogP contribution in [0.15, 0.2) is 54.9 Å².